The van der Waals surface area contributed by atoms with Gasteiger partial charge in [-0.2, -0.15) is 0 Å². The number of nitrogens with one attached hydrogen (secondary N) is 2. The van der Waals surface area contributed by atoms with Gasteiger partial charge in [0.05, 0.1) is 35.1 Å². The van der Waals surface area contributed by atoms with E-state index in [1.807, 2.05) is 38.1 Å². The average Bonchev–Trinajstić information content (AvgIpc) is 1.41. The summed E-state index contributed by atoms with van der Waals surface area (Å²) in [6, 6.07) is 22.5. The van der Waals surface area contributed by atoms with E-state index in [2.05, 4.69) is 75.3 Å². The third kappa shape index (κ3) is 16.0. The second-order valence-electron chi connectivity index (χ2n) is 34.8. The molecule has 6 fully saturated rings. The van der Waals surface area contributed by atoms with E-state index in [1.165, 1.54) is 22.3 Å². The number of rotatable bonds is 6. The van der Waals surface area contributed by atoms with Crippen molar-refractivity contribution in [3.63, 3.8) is 0 Å². The van der Waals surface area contributed by atoms with Crippen LogP contribution in [-0.4, -0.2) is 213 Å². The van der Waals surface area contributed by atoms with Crippen molar-refractivity contribution in [2.24, 2.45) is 35.5 Å². The van der Waals surface area contributed by atoms with Crippen molar-refractivity contribution < 1.29 is 62.9 Å². The van der Waals surface area contributed by atoms with Crippen molar-refractivity contribution in [2.45, 2.75) is 187 Å². The molecule has 14 atom stereocenters. The maximum absolute atomic E-state index is 14.6. The molecule has 2 N–H and O–H groups in total. The van der Waals surface area contributed by atoms with Gasteiger partial charge in [-0.1, -0.05) is 73.5 Å². The fourth-order valence-corrected chi connectivity index (χ4v) is 24.0. The van der Waals surface area contributed by atoms with Crippen LogP contribution in [0.4, 0.5) is 28.9 Å². The molecule has 8 heterocycles. The highest BCUT2D eigenvalue weighted by Gasteiger charge is 2.55. The lowest BCUT2D eigenvalue weighted by molar-refractivity contribution is -0.119. The van der Waals surface area contributed by atoms with Gasteiger partial charge in [0.2, 0.25) is 20.0 Å². The molecule has 0 aromatic heterocycles. The first-order valence-corrected chi connectivity index (χ1v) is 44.1. The Labute approximate surface area is 657 Å². The fourth-order valence-electron chi connectivity index (χ4n) is 21.0. The maximum atomic E-state index is 14.6. The van der Waals surface area contributed by atoms with Crippen LogP contribution in [0.1, 0.15) is 161 Å². The minimum atomic E-state index is -4.02. The molecule has 8 aliphatic heterocycles. The molecule has 2 amide bonds. The Balaban J connectivity index is 0.000000175. The van der Waals surface area contributed by atoms with Crippen LogP contribution < -0.4 is 28.7 Å². The summed E-state index contributed by atoms with van der Waals surface area (Å²) in [7, 11) is -4.52. The number of anilines is 2. The van der Waals surface area contributed by atoms with E-state index >= 15 is 0 Å². The molecule has 2 spiro atoms. The number of methoxy groups -OCH3 is 2. The predicted molar refractivity (Wildman–Crippen MR) is 422 cm³/mol. The van der Waals surface area contributed by atoms with Crippen molar-refractivity contribution in [1.29, 1.82) is 0 Å². The molecule has 2 saturated carbocycles. The van der Waals surface area contributed by atoms with Gasteiger partial charge in [-0.05, 0) is 209 Å². The summed E-state index contributed by atoms with van der Waals surface area (Å²) in [4.78, 5) is 41.1. The fraction of sp³-hybridized carbons (Fsp3) is 0.643. The van der Waals surface area contributed by atoms with E-state index in [0.29, 0.717) is 113 Å². The number of alkyl halides is 4. The third-order valence-electron chi connectivity index (χ3n) is 28.1. The molecule has 12 aliphatic rings. The number of nitrogens with zero attached hydrogens (tertiary/aromatic N) is 6. The molecule has 110 heavy (non-hydrogen) atoms. The number of piperidine rings is 2. The van der Waals surface area contributed by atoms with Crippen molar-refractivity contribution in [3.8, 4) is 11.5 Å². The van der Waals surface area contributed by atoms with E-state index in [4.69, 9.17) is 42.1 Å². The summed E-state index contributed by atoms with van der Waals surface area (Å²) < 4.78 is 144. The highest BCUT2D eigenvalue weighted by atomic mass is 35.5. The second kappa shape index (κ2) is 31.2. The van der Waals surface area contributed by atoms with Gasteiger partial charge in [0.1, 0.15) is 22.7 Å². The number of piperazine rings is 2. The average molecular weight is 1600 g/mol. The molecular formula is C84H110Cl2F4N8O10S2. The smallest absolute Gasteiger partial charge is 0.264 e. The molecule has 26 heteroatoms. The predicted octanol–water partition coefficient (Wildman–Crippen LogP) is 13.4. The van der Waals surface area contributed by atoms with E-state index in [1.54, 1.807) is 64.5 Å². The van der Waals surface area contributed by atoms with E-state index in [9.17, 15) is 44.0 Å². The number of fused-ring (bicyclic) bond motifs is 10. The molecule has 4 aromatic carbocycles. The number of ether oxygens (including phenoxy) is 4. The second-order valence-corrected chi connectivity index (χ2v) is 39.8. The number of amides is 2. The third-order valence-corrected chi connectivity index (χ3v) is 32.4. The Morgan fingerprint density at radius 2 is 0.945 bits per heavy atom. The summed E-state index contributed by atoms with van der Waals surface area (Å²) in [6.45, 7) is 16.8. The zero-order chi connectivity index (χ0) is 77.5. The number of carbonyl (C=O) groups is 2. The molecular weight excluding hydrogens is 1490 g/mol. The number of carbonyl (C=O) groups excluding carboxylic acids is 2. The highest BCUT2D eigenvalue weighted by Crippen LogP contribution is 2.53. The Bertz CT molecular complexity index is 4140. The number of aryl methyl sites for hydroxylation is 2. The van der Waals surface area contributed by atoms with E-state index < -0.39 is 65.4 Å². The quantitative estimate of drug-likeness (QED) is 0.137. The maximum Gasteiger partial charge on any atom is 0.264 e. The van der Waals surface area contributed by atoms with Crippen LogP contribution in [0, 0.1) is 35.5 Å². The molecule has 18 nitrogen and oxygen atoms in total. The van der Waals surface area contributed by atoms with Gasteiger partial charge in [-0.25, -0.2) is 43.8 Å². The Morgan fingerprint density at radius 3 is 1.34 bits per heavy atom. The molecule has 0 radical (unpaired) electrons. The largest absolute Gasteiger partial charge is 0.490 e. The van der Waals surface area contributed by atoms with Gasteiger partial charge in [-0.15, -0.1) is 0 Å². The lowest BCUT2D eigenvalue weighted by atomic mass is 9.63. The first-order chi connectivity index (χ1) is 52.4. The Morgan fingerprint density at radius 1 is 0.527 bits per heavy atom. The number of sulfonamides is 2. The zero-order valence-electron chi connectivity index (χ0n) is 64.5. The van der Waals surface area contributed by atoms with E-state index in [0.717, 1.165) is 102 Å². The van der Waals surface area contributed by atoms with Crippen LogP contribution in [0.15, 0.2) is 97.1 Å². The van der Waals surface area contributed by atoms with Gasteiger partial charge in [0.15, 0.2) is 0 Å². The number of halogens is 6. The van der Waals surface area contributed by atoms with Gasteiger partial charge in [-0.3, -0.25) is 29.2 Å². The lowest BCUT2D eigenvalue weighted by Crippen LogP contribution is -2.62. The molecule has 4 aromatic rings. The number of benzene rings is 4. The molecule has 4 bridgehead atoms. The van der Waals surface area contributed by atoms with Crippen molar-refractivity contribution in [3.05, 3.63) is 141 Å². The summed E-state index contributed by atoms with van der Waals surface area (Å²) in [5, 5.41) is -0.256. The first-order valence-electron chi connectivity index (χ1n) is 40.3. The van der Waals surface area contributed by atoms with Crippen LogP contribution in [0.3, 0.4) is 0 Å². The molecule has 16 rings (SSSR count). The summed E-state index contributed by atoms with van der Waals surface area (Å²) in [6.07, 6.45) is 18.5. The Kier molecular flexibility index (Phi) is 22.6. The van der Waals surface area contributed by atoms with Crippen LogP contribution in [0.25, 0.3) is 0 Å². The van der Waals surface area contributed by atoms with Gasteiger partial charge < -0.3 is 28.7 Å². The summed E-state index contributed by atoms with van der Waals surface area (Å²) >= 11 is 13.0. The SMILES string of the molecule is CO[C@]1(CN2CCN3CCC(F)(F)C[C@@H]3C2)/C=C/C[C@H](C)[C@@H](C)S(=O)(=O)NC(=O)c2ccc3c(c2)N(C[C@@H]2CC[C@H]21)C[C@@]1(CCCc2cc(Cl)ccc21)CO3.CO[C@]1(CN2CCN3CCC(F)(F)C[C@H]3C2)/C=C/C[C@H](C)[C@@H](C)S(=O)(=O)NC(=O)c2ccc3c(c2)N(C[C@@H]2CC[C@H]21)C[C@@]1(CCCc2cc(Cl)ccc21)CO3. The number of hydrogen-bond acceptors (Lipinski definition) is 16. The van der Waals surface area contributed by atoms with E-state index in [-0.39, 0.29) is 95.2 Å². The van der Waals surface area contributed by atoms with Crippen molar-refractivity contribution in [2.75, 3.05) is 129 Å². The van der Waals surface area contributed by atoms with Crippen molar-refractivity contribution >= 4 is 66.4 Å². The summed E-state index contributed by atoms with van der Waals surface area (Å²) in [5.41, 5.74) is 4.94. The molecule has 4 aliphatic carbocycles. The van der Waals surface area contributed by atoms with Crippen LogP contribution in [-0.2, 0) is 53.2 Å². The van der Waals surface area contributed by atoms with Crippen molar-refractivity contribution in [1.82, 2.24) is 29.0 Å². The van der Waals surface area contributed by atoms with Crippen LogP contribution >= 0.6 is 23.2 Å². The molecule has 600 valence electrons. The topological polar surface area (TPSA) is 183 Å². The van der Waals surface area contributed by atoms with Crippen LogP contribution in [0.5, 0.6) is 11.5 Å². The van der Waals surface area contributed by atoms with Crippen LogP contribution in [0.2, 0.25) is 10.0 Å². The minimum Gasteiger partial charge on any atom is -0.490 e. The number of hydrogen-bond donors (Lipinski definition) is 2. The zero-order valence-corrected chi connectivity index (χ0v) is 67.6. The monoisotopic (exact) mass is 1600 g/mol. The summed E-state index contributed by atoms with van der Waals surface area (Å²) in [5.74, 6) is -5.18. The number of allylic oxidation sites excluding steroid dienone is 2. The highest BCUT2D eigenvalue weighted by molar-refractivity contribution is 7.91. The lowest BCUT2D eigenvalue weighted by Gasteiger charge is -2.53. The molecule has 0 unspecified atom stereocenters. The van der Waals surface area contributed by atoms with Gasteiger partial charge in [0.25, 0.3) is 23.7 Å². The first kappa shape index (κ1) is 79.7. The Hall–Kier alpha value is -5.54. The standard InChI is InChI=1S/2C42H55ClF2N4O5S/c2*1-28-6-4-15-41(53-3,26-47-18-19-48-17-16-42(44,45)22-34(48)24-47)36-11-8-32(36)23-49-25-40(14-5-7-30-20-33(43)10-12-35(30)40)27-54-38-13-9-31(21-37(38)49)39(50)46-55(51,52)29(28)2/h2*4,9-10,12-13,15,20-21,28-29,32,34,36H,5-8,11,14,16-19,22-27H2,1-3H3,(H,46,50)/b2*15-4+/t28-,29+,32-,34+,36+,40-,41-;28-,29+,32-,34-,36+,40-,41-/m00/s1. The minimum absolute atomic E-state index is 0.0826. The van der Waals surface area contributed by atoms with Gasteiger partial charge in [0, 0.05) is 176 Å². The normalized spacial score (nSPS) is 35.6. The van der Waals surface area contributed by atoms with Gasteiger partial charge >= 0.3 is 0 Å². The molecule has 4 saturated heterocycles.